The Morgan fingerprint density at radius 2 is 1.85 bits per heavy atom. The fourth-order valence-corrected chi connectivity index (χ4v) is 4.09. The van der Waals surface area contributed by atoms with Gasteiger partial charge in [0.15, 0.2) is 0 Å². The van der Waals surface area contributed by atoms with Crippen LogP contribution < -0.4 is 0 Å². The molecule has 2 atom stereocenters. The summed E-state index contributed by atoms with van der Waals surface area (Å²) in [6, 6.07) is 2.16. The van der Waals surface area contributed by atoms with Crippen LogP contribution in [0.1, 0.15) is 39.5 Å². The van der Waals surface area contributed by atoms with Crippen molar-refractivity contribution in [3.63, 3.8) is 0 Å². The molecule has 4 rings (SSSR count). The summed E-state index contributed by atoms with van der Waals surface area (Å²) >= 11 is 0. The minimum absolute atomic E-state index is 0.0116. The van der Waals surface area contributed by atoms with Gasteiger partial charge in [0.05, 0.1) is 6.10 Å². The van der Waals surface area contributed by atoms with E-state index in [1.807, 2.05) is 0 Å². The van der Waals surface area contributed by atoms with Crippen LogP contribution in [-0.4, -0.2) is 34.2 Å². The van der Waals surface area contributed by atoms with Crippen molar-refractivity contribution in [2.24, 2.45) is 5.41 Å². The number of hydrogen-bond acceptors (Lipinski definition) is 2. The Labute approximate surface area is 79.9 Å². The standard InChI is InChI=1S/C11H19NO/c1-7(2)12-8-3-10(13)11(4-8)5-9(12)6-11/h7-10,13H,3-6H2,1-2H3. The lowest BCUT2D eigenvalue weighted by atomic mass is 9.60. The molecule has 1 N–H and O–H groups in total. The molecule has 0 aromatic carbocycles. The second kappa shape index (κ2) is 2.29. The fourth-order valence-electron chi connectivity index (χ4n) is 4.09. The van der Waals surface area contributed by atoms with Crippen LogP contribution >= 0.6 is 0 Å². The molecule has 13 heavy (non-hydrogen) atoms. The summed E-state index contributed by atoms with van der Waals surface area (Å²) in [4.78, 5) is 2.65. The minimum atomic E-state index is 0.0116. The predicted molar refractivity (Wildman–Crippen MR) is 51.5 cm³/mol. The van der Waals surface area contributed by atoms with Crippen LogP contribution in [0.3, 0.4) is 0 Å². The largest absolute Gasteiger partial charge is 0.392 e. The van der Waals surface area contributed by atoms with E-state index in [0.717, 1.165) is 12.5 Å². The van der Waals surface area contributed by atoms with Crippen molar-refractivity contribution in [3.8, 4) is 0 Å². The molecule has 2 nitrogen and oxygen atoms in total. The zero-order chi connectivity index (χ0) is 9.22. The van der Waals surface area contributed by atoms with Gasteiger partial charge in [0.1, 0.15) is 0 Å². The summed E-state index contributed by atoms with van der Waals surface area (Å²) in [6.45, 7) is 4.58. The quantitative estimate of drug-likeness (QED) is 0.660. The van der Waals surface area contributed by atoms with Gasteiger partial charge < -0.3 is 5.11 Å². The third kappa shape index (κ3) is 0.861. The first-order valence-corrected chi connectivity index (χ1v) is 5.58. The van der Waals surface area contributed by atoms with E-state index in [2.05, 4.69) is 18.7 Å². The number of nitrogens with zero attached hydrogens (tertiary/aromatic N) is 1. The molecular weight excluding hydrogens is 162 g/mol. The average molecular weight is 181 g/mol. The van der Waals surface area contributed by atoms with Gasteiger partial charge in [-0.2, -0.15) is 0 Å². The summed E-state index contributed by atoms with van der Waals surface area (Å²) in [7, 11) is 0. The molecule has 0 radical (unpaired) electrons. The van der Waals surface area contributed by atoms with Crippen molar-refractivity contribution in [1.82, 2.24) is 4.90 Å². The van der Waals surface area contributed by atoms with Gasteiger partial charge >= 0.3 is 0 Å². The van der Waals surface area contributed by atoms with Gasteiger partial charge in [-0.3, -0.25) is 4.90 Å². The maximum Gasteiger partial charge on any atom is 0.0613 e. The smallest absolute Gasteiger partial charge is 0.0613 e. The molecule has 2 heteroatoms. The van der Waals surface area contributed by atoms with Gasteiger partial charge in [0.25, 0.3) is 0 Å². The molecular formula is C11H19NO. The van der Waals surface area contributed by atoms with E-state index in [4.69, 9.17) is 0 Å². The molecule has 0 amide bonds. The van der Waals surface area contributed by atoms with Gasteiger partial charge in [0, 0.05) is 23.5 Å². The van der Waals surface area contributed by atoms with Crippen LogP contribution in [-0.2, 0) is 0 Å². The molecule has 2 aliphatic carbocycles. The van der Waals surface area contributed by atoms with Gasteiger partial charge in [-0.15, -0.1) is 0 Å². The first-order chi connectivity index (χ1) is 6.12. The third-order valence-corrected chi connectivity index (χ3v) is 4.57. The zero-order valence-corrected chi connectivity index (χ0v) is 8.53. The maximum atomic E-state index is 9.97. The van der Waals surface area contributed by atoms with Crippen molar-refractivity contribution < 1.29 is 5.11 Å². The summed E-state index contributed by atoms with van der Waals surface area (Å²) in [5.74, 6) is 0. The van der Waals surface area contributed by atoms with Gasteiger partial charge in [-0.1, -0.05) is 0 Å². The first-order valence-electron chi connectivity index (χ1n) is 5.58. The molecule has 0 aromatic rings. The normalized spacial score (nSPS) is 54.0. The van der Waals surface area contributed by atoms with Gasteiger partial charge in [-0.05, 0) is 39.5 Å². The molecule has 0 aromatic heterocycles. The highest BCUT2D eigenvalue weighted by Gasteiger charge is 2.62. The van der Waals surface area contributed by atoms with Crippen LogP contribution in [0.5, 0.6) is 0 Å². The van der Waals surface area contributed by atoms with E-state index in [0.29, 0.717) is 17.5 Å². The second-order valence-electron chi connectivity index (χ2n) is 5.57. The highest BCUT2D eigenvalue weighted by Crippen LogP contribution is 2.61. The van der Waals surface area contributed by atoms with Crippen LogP contribution in [0.15, 0.2) is 0 Å². The molecule has 2 unspecified atom stereocenters. The number of rotatable bonds is 1. The van der Waals surface area contributed by atoms with Crippen molar-refractivity contribution in [3.05, 3.63) is 0 Å². The number of aliphatic hydroxyl groups excluding tert-OH is 1. The predicted octanol–water partition coefficient (Wildman–Crippen LogP) is 1.38. The van der Waals surface area contributed by atoms with Crippen LogP contribution in [0.25, 0.3) is 0 Å². The van der Waals surface area contributed by atoms with Crippen molar-refractivity contribution in [2.75, 3.05) is 0 Å². The van der Waals surface area contributed by atoms with Crippen LogP contribution in [0.4, 0.5) is 0 Å². The molecule has 4 aliphatic rings. The summed E-state index contributed by atoms with van der Waals surface area (Å²) < 4.78 is 0. The molecule has 2 heterocycles. The average Bonchev–Trinajstić information content (AvgIpc) is 2.19. The van der Waals surface area contributed by atoms with Crippen LogP contribution in [0, 0.1) is 5.41 Å². The van der Waals surface area contributed by atoms with E-state index < -0.39 is 0 Å². The lowest BCUT2D eigenvalue weighted by Gasteiger charge is -2.58. The van der Waals surface area contributed by atoms with Crippen LogP contribution in [0.2, 0.25) is 0 Å². The van der Waals surface area contributed by atoms with E-state index in [-0.39, 0.29) is 6.10 Å². The monoisotopic (exact) mass is 181 g/mol. The van der Waals surface area contributed by atoms with E-state index in [1.165, 1.54) is 19.3 Å². The summed E-state index contributed by atoms with van der Waals surface area (Å²) in [5.41, 5.74) is 0.376. The Kier molecular flexibility index (Phi) is 1.45. The van der Waals surface area contributed by atoms with Gasteiger partial charge in [-0.25, -0.2) is 0 Å². The summed E-state index contributed by atoms with van der Waals surface area (Å²) in [5, 5.41) is 9.97. The molecule has 74 valence electrons. The fraction of sp³-hybridized carbons (Fsp3) is 1.00. The molecule has 2 saturated carbocycles. The van der Waals surface area contributed by atoms with E-state index in [9.17, 15) is 5.11 Å². The molecule has 3 bridgehead atoms. The molecule has 2 aliphatic heterocycles. The third-order valence-electron chi connectivity index (χ3n) is 4.57. The topological polar surface area (TPSA) is 23.5 Å². The highest BCUT2D eigenvalue weighted by atomic mass is 16.3. The first kappa shape index (κ1) is 8.25. The Bertz CT molecular complexity index is 232. The number of hydrogen-bond donors (Lipinski definition) is 1. The Hall–Kier alpha value is -0.0800. The minimum Gasteiger partial charge on any atom is -0.392 e. The van der Waals surface area contributed by atoms with Crippen molar-refractivity contribution in [1.29, 1.82) is 0 Å². The molecule has 4 fully saturated rings. The van der Waals surface area contributed by atoms with Crippen molar-refractivity contribution in [2.45, 2.75) is 63.8 Å². The lowest BCUT2D eigenvalue weighted by molar-refractivity contribution is -0.106. The molecule has 1 spiro atoms. The summed E-state index contributed by atoms with van der Waals surface area (Å²) in [6.07, 6.45) is 4.85. The zero-order valence-electron chi connectivity index (χ0n) is 8.53. The second-order valence-corrected chi connectivity index (χ2v) is 5.57. The Morgan fingerprint density at radius 3 is 2.46 bits per heavy atom. The number of aliphatic hydroxyl groups is 1. The Morgan fingerprint density at radius 1 is 1.23 bits per heavy atom. The SMILES string of the molecule is CC(C)N1C2CC(O)C3(C2)CC1C3. The maximum absolute atomic E-state index is 9.97. The molecule has 2 saturated heterocycles. The Balaban J connectivity index is 1.89. The van der Waals surface area contributed by atoms with Crippen molar-refractivity contribution >= 4 is 0 Å². The van der Waals surface area contributed by atoms with E-state index in [1.54, 1.807) is 0 Å². The van der Waals surface area contributed by atoms with Gasteiger partial charge in [0.2, 0.25) is 0 Å². The van der Waals surface area contributed by atoms with E-state index >= 15 is 0 Å². The highest BCUT2D eigenvalue weighted by molar-refractivity contribution is 5.15. The number of piperidine rings is 2. The lowest BCUT2D eigenvalue weighted by Crippen LogP contribution is -2.61.